The fraction of sp³-hybridized carbons (Fsp3) is 0.357. The molecule has 6 heteroatoms. The van der Waals surface area contributed by atoms with Gasteiger partial charge in [0.2, 0.25) is 0 Å². The molecule has 2 aromatic heterocycles. The predicted octanol–water partition coefficient (Wildman–Crippen LogP) is 2.48. The van der Waals surface area contributed by atoms with Gasteiger partial charge in [0, 0.05) is 30.5 Å². The van der Waals surface area contributed by atoms with Gasteiger partial charge in [0.05, 0.1) is 5.69 Å². The van der Waals surface area contributed by atoms with Gasteiger partial charge in [0.25, 0.3) is 5.91 Å². The molecule has 2 rings (SSSR count). The summed E-state index contributed by atoms with van der Waals surface area (Å²) >= 11 is 3.25. The van der Waals surface area contributed by atoms with Crippen LogP contribution in [0.5, 0.6) is 0 Å². The van der Waals surface area contributed by atoms with Gasteiger partial charge < -0.3 is 5.32 Å². The van der Waals surface area contributed by atoms with E-state index >= 15 is 0 Å². The summed E-state index contributed by atoms with van der Waals surface area (Å²) < 4.78 is 2.62. The first-order valence-corrected chi connectivity index (χ1v) is 7.26. The number of aromatic nitrogens is 3. The van der Waals surface area contributed by atoms with E-state index in [2.05, 4.69) is 31.3 Å². The number of hydrogen-bond donors (Lipinski definition) is 1. The average molecular weight is 337 g/mol. The lowest BCUT2D eigenvalue weighted by Crippen LogP contribution is -2.25. The molecule has 2 aromatic rings. The molecule has 1 N–H and O–H groups in total. The Morgan fingerprint density at radius 2 is 2.20 bits per heavy atom. The summed E-state index contributed by atoms with van der Waals surface area (Å²) in [5.74, 6) is -0.0820. The number of carbonyl (C=O) groups is 1. The van der Waals surface area contributed by atoms with Gasteiger partial charge in [-0.3, -0.25) is 9.48 Å². The third-order valence-electron chi connectivity index (χ3n) is 2.92. The quantitative estimate of drug-likeness (QED) is 0.674. The molecule has 0 fully saturated rings. The third-order valence-corrected chi connectivity index (χ3v) is 3.36. The molecular weight excluding hydrogens is 320 g/mol. The van der Waals surface area contributed by atoms with Crippen molar-refractivity contribution < 1.29 is 4.79 Å². The standard InChI is InChI=1S/C14H17BrN4O/c1-10-8-11(2)19(18-10)7-3-5-17-14(20)12-4-6-16-13(15)9-12/h4,6,8-9H,3,5,7H2,1-2H3,(H,17,20). The van der Waals surface area contributed by atoms with Gasteiger partial charge >= 0.3 is 0 Å². The molecule has 20 heavy (non-hydrogen) atoms. The number of amides is 1. The van der Waals surface area contributed by atoms with Crippen molar-refractivity contribution in [3.63, 3.8) is 0 Å². The number of carbonyl (C=O) groups excluding carboxylic acids is 1. The van der Waals surface area contributed by atoms with Crippen molar-refractivity contribution in [3.8, 4) is 0 Å². The van der Waals surface area contributed by atoms with Crippen molar-refractivity contribution in [1.29, 1.82) is 0 Å². The van der Waals surface area contributed by atoms with Gasteiger partial charge in [-0.1, -0.05) is 0 Å². The van der Waals surface area contributed by atoms with Crippen LogP contribution in [-0.2, 0) is 6.54 Å². The van der Waals surface area contributed by atoms with Crippen molar-refractivity contribution >= 4 is 21.8 Å². The number of hydrogen-bond acceptors (Lipinski definition) is 3. The second kappa shape index (κ2) is 6.65. The molecule has 5 nitrogen and oxygen atoms in total. The van der Waals surface area contributed by atoms with Crippen LogP contribution in [0.2, 0.25) is 0 Å². The first-order chi connectivity index (χ1) is 9.56. The molecule has 0 unspecified atom stereocenters. The van der Waals surface area contributed by atoms with Gasteiger partial charge in [0.1, 0.15) is 4.60 Å². The highest BCUT2D eigenvalue weighted by Crippen LogP contribution is 2.08. The van der Waals surface area contributed by atoms with Crippen molar-refractivity contribution in [2.75, 3.05) is 6.54 Å². The van der Waals surface area contributed by atoms with Crippen LogP contribution in [0.25, 0.3) is 0 Å². The van der Waals surface area contributed by atoms with Crippen molar-refractivity contribution in [3.05, 3.63) is 46.0 Å². The minimum atomic E-state index is -0.0820. The maximum atomic E-state index is 11.9. The molecule has 0 aliphatic heterocycles. The average Bonchev–Trinajstić information content (AvgIpc) is 2.73. The van der Waals surface area contributed by atoms with E-state index in [1.54, 1.807) is 18.3 Å². The van der Waals surface area contributed by atoms with E-state index in [1.165, 1.54) is 0 Å². The van der Waals surface area contributed by atoms with Crippen LogP contribution in [0, 0.1) is 13.8 Å². The van der Waals surface area contributed by atoms with Crippen molar-refractivity contribution in [2.45, 2.75) is 26.8 Å². The molecule has 0 bridgehead atoms. The van der Waals surface area contributed by atoms with E-state index < -0.39 is 0 Å². The number of halogens is 1. The minimum Gasteiger partial charge on any atom is -0.352 e. The molecule has 0 saturated heterocycles. The highest BCUT2D eigenvalue weighted by Gasteiger charge is 2.06. The summed E-state index contributed by atoms with van der Waals surface area (Å²) in [5, 5.41) is 7.28. The smallest absolute Gasteiger partial charge is 0.251 e. The monoisotopic (exact) mass is 336 g/mol. The second-order valence-electron chi connectivity index (χ2n) is 4.63. The van der Waals surface area contributed by atoms with Gasteiger partial charge in [-0.2, -0.15) is 5.10 Å². The Balaban J connectivity index is 1.79. The molecule has 2 heterocycles. The fourth-order valence-electron chi connectivity index (χ4n) is 1.98. The number of nitrogens with one attached hydrogen (secondary N) is 1. The molecule has 0 aliphatic rings. The molecule has 0 atom stereocenters. The minimum absolute atomic E-state index is 0.0820. The molecule has 1 amide bonds. The summed E-state index contributed by atoms with van der Waals surface area (Å²) in [6, 6.07) is 5.45. The van der Waals surface area contributed by atoms with Crippen LogP contribution < -0.4 is 5.32 Å². The second-order valence-corrected chi connectivity index (χ2v) is 5.44. The van der Waals surface area contributed by atoms with E-state index in [9.17, 15) is 4.79 Å². The van der Waals surface area contributed by atoms with E-state index in [4.69, 9.17) is 0 Å². The Morgan fingerprint density at radius 1 is 1.40 bits per heavy atom. The number of nitrogens with zero attached hydrogens (tertiary/aromatic N) is 3. The highest BCUT2D eigenvalue weighted by atomic mass is 79.9. The van der Waals surface area contributed by atoms with E-state index in [0.717, 1.165) is 24.4 Å². The number of pyridine rings is 1. The molecule has 0 aliphatic carbocycles. The van der Waals surface area contributed by atoms with Gasteiger partial charge in [-0.25, -0.2) is 4.98 Å². The summed E-state index contributed by atoms with van der Waals surface area (Å²) in [6.45, 7) is 5.44. The summed E-state index contributed by atoms with van der Waals surface area (Å²) in [4.78, 5) is 15.9. The number of rotatable bonds is 5. The zero-order valence-corrected chi connectivity index (χ0v) is 13.1. The molecule has 0 aromatic carbocycles. The van der Waals surface area contributed by atoms with Gasteiger partial charge in [0.15, 0.2) is 0 Å². The lowest BCUT2D eigenvalue weighted by molar-refractivity contribution is 0.0952. The summed E-state index contributed by atoms with van der Waals surface area (Å²) in [5.41, 5.74) is 2.78. The Labute approximate surface area is 126 Å². The molecule has 106 valence electrons. The summed E-state index contributed by atoms with van der Waals surface area (Å²) in [7, 11) is 0. The van der Waals surface area contributed by atoms with Crippen LogP contribution >= 0.6 is 15.9 Å². The van der Waals surface area contributed by atoms with E-state index in [-0.39, 0.29) is 5.91 Å². The molecular formula is C14H17BrN4O. The number of aryl methyl sites for hydroxylation is 3. The normalized spacial score (nSPS) is 10.6. The first kappa shape index (κ1) is 14.7. The maximum absolute atomic E-state index is 11.9. The fourth-order valence-corrected chi connectivity index (χ4v) is 2.34. The molecule has 0 radical (unpaired) electrons. The topological polar surface area (TPSA) is 59.8 Å². The van der Waals surface area contributed by atoms with E-state index in [1.807, 2.05) is 24.6 Å². The maximum Gasteiger partial charge on any atom is 0.251 e. The predicted molar refractivity (Wildman–Crippen MR) is 80.6 cm³/mol. The van der Waals surface area contributed by atoms with Gasteiger partial charge in [-0.15, -0.1) is 0 Å². The van der Waals surface area contributed by atoms with E-state index in [0.29, 0.717) is 16.7 Å². The van der Waals surface area contributed by atoms with Crippen LogP contribution in [0.15, 0.2) is 29.0 Å². The van der Waals surface area contributed by atoms with Crippen LogP contribution in [0.3, 0.4) is 0 Å². The highest BCUT2D eigenvalue weighted by molar-refractivity contribution is 9.10. The Hall–Kier alpha value is -1.69. The van der Waals surface area contributed by atoms with Crippen LogP contribution in [0.1, 0.15) is 28.2 Å². The Bertz CT molecular complexity index is 609. The molecule has 0 spiro atoms. The summed E-state index contributed by atoms with van der Waals surface area (Å²) in [6.07, 6.45) is 2.45. The lowest BCUT2D eigenvalue weighted by Gasteiger charge is -2.07. The zero-order chi connectivity index (χ0) is 14.5. The van der Waals surface area contributed by atoms with Gasteiger partial charge in [-0.05, 0) is 54.4 Å². The SMILES string of the molecule is Cc1cc(C)n(CCCNC(=O)c2ccnc(Br)c2)n1. The third kappa shape index (κ3) is 3.90. The van der Waals surface area contributed by atoms with Crippen LogP contribution in [-0.4, -0.2) is 27.2 Å². The zero-order valence-electron chi connectivity index (χ0n) is 11.6. The largest absolute Gasteiger partial charge is 0.352 e. The Kier molecular flexibility index (Phi) is 4.89. The Morgan fingerprint density at radius 3 is 2.85 bits per heavy atom. The molecule has 0 saturated carbocycles. The first-order valence-electron chi connectivity index (χ1n) is 6.47. The lowest BCUT2D eigenvalue weighted by atomic mass is 10.2. The van der Waals surface area contributed by atoms with Crippen molar-refractivity contribution in [1.82, 2.24) is 20.1 Å². The van der Waals surface area contributed by atoms with Crippen molar-refractivity contribution in [2.24, 2.45) is 0 Å². The van der Waals surface area contributed by atoms with Crippen LogP contribution in [0.4, 0.5) is 0 Å².